The molecule has 1 heterocycles. The van der Waals surface area contributed by atoms with Crippen LogP contribution in [0.25, 0.3) is 0 Å². The van der Waals surface area contributed by atoms with Crippen molar-refractivity contribution in [2.75, 3.05) is 29.9 Å². The molecule has 1 saturated heterocycles. The summed E-state index contributed by atoms with van der Waals surface area (Å²) in [6, 6.07) is 15.7. The number of rotatable bonds is 6. The zero-order valence-electron chi connectivity index (χ0n) is 13.6. The Balaban J connectivity index is 1.54. The van der Waals surface area contributed by atoms with Crippen molar-refractivity contribution < 1.29 is 17.2 Å². The van der Waals surface area contributed by atoms with Crippen LogP contribution in [0.4, 0.5) is 20.2 Å². The fourth-order valence-corrected chi connectivity index (χ4v) is 3.72. The van der Waals surface area contributed by atoms with Gasteiger partial charge in [-0.05, 0) is 48.7 Å². The van der Waals surface area contributed by atoms with Crippen LogP contribution in [0.1, 0.15) is 6.42 Å². The molecule has 134 valence electrons. The van der Waals surface area contributed by atoms with E-state index in [1.807, 2.05) is 18.2 Å². The van der Waals surface area contributed by atoms with Gasteiger partial charge in [0.25, 0.3) is 0 Å². The Hall–Kier alpha value is -2.15. The number of anilines is 2. The average Bonchev–Trinajstić information content (AvgIpc) is 3.10. The van der Waals surface area contributed by atoms with Gasteiger partial charge in [0.05, 0.1) is 4.90 Å². The van der Waals surface area contributed by atoms with E-state index in [-0.39, 0.29) is 4.90 Å². The highest BCUT2D eigenvalue weighted by atomic mass is 32.2. The second kappa shape index (κ2) is 7.39. The van der Waals surface area contributed by atoms with E-state index in [2.05, 4.69) is 22.3 Å². The van der Waals surface area contributed by atoms with E-state index in [0.717, 1.165) is 31.7 Å². The molecule has 0 bridgehead atoms. The molecule has 3 rings (SSSR count). The second-order valence-electron chi connectivity index (χ2n) is 6.15. The maximum absolute atomic E-state index is 12.5. The molecule has 2 aromatic rings. The van der Waals surface area contributed by atoms with E-state index < -0.39 is 15.6 Å². The van der Waals surface area contributed by atoms with Crippen molar-refractivity contribution >= 4 is 21.2 Å². The minimum atomic E-state index is -4.53. The lowest BCUT2D eigenvalue weighted by molar-refractivity contribution is 0.234. The maximum atomic E-state index is 12.5. The quantitative estimate of drug-likeness (QED) is 0.848. The Labute approximate surface area is 146 Å². The van der Waals surface area contributed by atoms with Gasteiger partial charge in [0, 0.05) is 31.0 Å². The Morgan fingerprint density at radius 2 is 1.76 bits per heavy atom. The normalized spacial score (nSPS) is 17.9. The minimum absolute atomic E-state index is 0.357. The average molecular weight is 366 g/mol. The predicted molar refractivity (Wildman–Crippen MR) is 94.9 cm³/mol. The Bertz CT molecular complexity index is 796. The second-order valence-corrected chi connectivity index (χ2v) is 8.06. The third kappa shape index (κ3) is 4.10. The molecule has 0 amide bonds. The molecular weight excluding hydrogens is 346 g/mol. The SMILES string of the molecule is O=S(=O)(c1ccc(NC[C@H]2CCN(c3ccccc3)C2)cc1)C(F)F. The van der Waals surface area contributed by atoms with Gasteiger partial charge >= 0.3 is 5.76 Å². The monoisotopic (exact) mass is 366 g/mol. The van der Waals surface area contributed by atoms with Crippen LogP contribution in [0.3, 0.4) is 0 Å². The first-order chi connectivity index (χ1) is 12.0. The van der Waals surface area contributed by atoms with Crippen LogP contribution < -0.4 is 10.2 Å². The van der Waals surface area contributed by atoms with Gasteiger partial charge in [-0.25, -0.2) is 8.42 Å². The fourth-order valence-electron chi connectivity index (χ4n) is 3.00. The van der Waals surface area contributed by atoms with E-state index >= 15 is 0 Å². The molecule has 25 heavy (non-hydrogen) atoms. The lowest BCUT2D eigenvalue weighted by Crippen LogP contribution is -2.22. The highest BCUT2D eigenvalue weighted by Crippen LogP contribution is 2.24. The number of hydrogen-bond donors (Lipinski definition) is 1. The highest BCUT2D eigenvalue weighted by Gasteiger charge is 2.26. The Morgan fingerprint density at radius 1 is 1.08 bits per heavy atom. The molecule has 1 fully saturated rings. The standard InChI is InChI=1S/C18H20F2N2O2S/c19-18(20)25(23,24)17-8-6-15(7-9-17)21-12-14-10-11-22(13-14)16-4-2-1-3-5-16/h1-9,14,18,21H,10-13H2/t14-/m1/s1. The fraction of sp³-hybridized carbons (Fsp3) is 0.333. The molecule has 4 nitrogen and oxygen atoms in total. The molecule has 0 saturated carbocycles. The van der Waals surface area contributed by atoms with Gasteiger partial charge in [0.2, 0.25) is 9.84 Å². The first-order valence-corrected chi connectivity index (χ1v) is 9.67. The zero-order valence-corrected chi connectivity index (χ0v) is 14.4. The smallest absolute Gasteiger partial charge is 0.341 e. The number of benzene rings is 2. The number of hydrogen-bond acceptors (Lipinski definition) is 4. The molecular formula is C18H20F2N2O2S. The molecule has 0 radical (unpaired) electrons. The Morgan fingerprint density at radius 3 is 2.40 bits per heavy atom. The summed E-state index contributed by atoms with van der Waals surface area (Å²) in [6.07, 6.45) is 1.07. The predicted octanol–water partition coefficient (Wildman–Crippen LogP) is 3.62. The first kappa shape index (κ1) is 17.7. The van der Waals surface area contributed by atoms with Crippen molar-refractivity contribution in [2.45, 2.75) is 17.1 Å². The van der Waals surface area contributed by atoms with Gasteiger partial charge in [-0.15, -0.1) is 0 Å². The summed E-state index contributed by atoms with van der Waals surface area (Å²) >= 11 is 0. The number of alkyl halides is 2. The van der Waals surface area contributed by atoms with Crippen molar-refractivity contribution in [3.8, 4) is 0 Å². The number of nitrogens with zero attached hydrogens (tertiary/aromatic N) is 1. The maximum Gasteiger partial charge on any atom is 0.341 e. The van der Waals surface area contributed by atoms with Crippen LogP contribution in [0, 0.1) is 5.92 Å². The van der Waals surface area contributed by atoms with Crippen LogP contribution in [0.15, 0.2) is 59.5 Å². The lowest BCUT2D eigenvalue weighted by Gasteiger charge is -2.19. The summed E-state index contributed by atoms with van der Waals surface area (Å²) in [7, 11) is -4.53. The topological polar surface area (TPSA) is 49.4 Å². The molecule has 1 aliphatic rings. The first-order valence-electron chi connectivity index (χ1n) is 8.13. The summed E-state index contributed by atoms with van der Waals surface area (Å²) in [5, 5.41) is 3.26. The minimum Gasteiger partial charge on any atom is -0.385 e. The highest BCUT2D eigenvalue weighted by molar-refractivity contribution is 7.91. The van der Waals surface area contributed by atoms with Crippen LogP contribution >= 0.6 is 0 Å². The van der Waals surface area contributed by atoms with E-state index in [4.69, 9.17) is 0 Å². The Kier molecular flexibility index (Phi) is 5.22. The number of nitrogens with one attached hydrogen (secondary N) is 1. The lowest BCUT2D eigenvalue weighted by atomic mass is 10.1. The molecule has 0 aromatic heterocycles. The number of sulfone groups is 1. The van der Waals surface area contributed by atoms with E-state index in [1.165, 1.54) is 30.0 Å². The van der Waals surface area contributed by atoms with Crippen molar-refractivity contribution in [2.24, 2.45) is 5.92 Å². The van der Waals surface area contributed by atoms with Crippen molar-refractivity contribution in [1.29, 1.82) is 0 Å². The molecule has 1 aliphatic heterocycles. The molecule has 0 aliphatic carbocycles. The third-order valence-corrected chi connectivity index (χ3v) is 5.82. The molecule has 1 atom stereocenters. The zero-order chi connectivity index (χ0) is 17.9. The van der Waals surface area contributed by atoms with Crippen molar-refractivity contribution in [1.82, 2.24) is 0 Å². The summed E-state index contributed by atoms with van der Waals surface area (Å²) in [5.41, 5.74) is 1.94. The summed E-state index contributed by atoms with van der Waals surface area (Å²) in [5.74, 6) is -2.92. The van der Waals surface area contributed by atoms with Crippen LogP contribution in [0.2, 0.25) is 0 Å². The number of para-hydroxylation sites is 1. The van der Waals surface area contributed by atoms with Gasteiger partial charge in [-0.3, -0.25) is 0 Å². The summed E-state index contributed by atoms with van der Waals surface area (Å²) < 4.78 is 47.8. The van der Waals surface area contributed by atoms with Gasteiger partial charge in [0.1, 0.15) is 0 Å². The van der Waals surface area contributed by atoms with Crippen molar-refractivity contribution in [3.05, 3.63) is 54.6 Å². The summed E-state index contributed by atoms with van der Waals surface area (Å²) in [4.78, 5) is 1.98. The summed E-state index contributed by atoms with van der Waals surface area (Å²) in [6.45, 7) is 2.71. The van der Waals surface area contributed by atoms with Crippen LogP contribution in [0.5, 0.6) is 0 Å². The van der Waals surface area contributed by atoms with Crippen LogP contribution in [-0.2, 0) is 9.84 Å². The largest absolute Gasteiger partial charge is 0.385 e. The van der Waals surface area contributed by atoms with Gasteiger partial charge in [0.15, 0.2) is 0 Å². The molecule has 0 spiro atoms. The van der Waals surface area contributed by atoms with Crippen molar-refractivity contribution in [3.63, 3.8) is 0 Å². The van der Waals surface area contributed by atoms with Gasteiger partial charge < -0.3 is 10.2 Å². The van der Waals surface area contributed by atoms with Crippen LogP contribution in [-0.4, -0.2) is 33.8 Å². The van der Waals surface area contributed by atoms with E-state index in [9.17, 15) is 17.2 Å². The molecule has 1 N–H and O–H groups in total. The van der Waals surface area contributed by atoms with E-state index in [1.54, 1.807) is 0 Å². The van der Waals surface area contributed by atoms with Gasteiger partial charge in [-0.2, -0.15) is 8.78 Å². The molecule has 7 heteroatoms. The number of halogens is 2. The third-order valence-electron chi connectivity index (χ3n) is 4.42. The van der Waals surface area contributed by atoms with E-state index in [0.29, 0.717) is 5.92 Å². The van der Waals surface area contributed by atoms with Gasteiger partial charge in [-0.1, -0.05) is 18.2 Å². The molecule has 2 aromatic carbocycles. The molecule has 0 unspecified atom stereocenters.